The first-order valence-corrected chi connectivity index (χ1v) is 6.43. The highest BCUT2D eigenvalue weighted by molar-refractivity contribution is 5.82. The van der Waals surface area contributed by atoms with Gasteiger partial charge in [0.25, 0.3) is 0 Å². The number of carboxylic acids is 1. The fourth-order valence-electron chi connectivity index (χ4n) is 1.58. The van der Waals surface area contributed by atoms with Crippen molar-refractivity contribution < 1.29 is 14.7 Å². The van der Waals surface area contributed by atoms with Crippen molar-refractivity contribution in [1.82, 2.24) is 20.6 Å². The first-order chi connectivity index (χ1) is 9.38. The van der Waals surface area contributed by atoms with Crippen LogP contribution < -0.4 is 10.6 Å². The fraction of sp³-hybridized carbons (Fsp3) is 0.538. The molecular formula is C13H20N4O3. The minimum atomic E-state index is -1.04. The highest BCUT2D eigenvalue weighted by Crippen LogP contribution is 2.04. The van der Waals surface area contributed by atoms with Crippen molar-refractivity contribution in [2.75, 3.05) is 0 Å². The van der Waals surface area contributed by atoms with Crippen LogP contribution in [-0.2, 0) is 11.3 Å². The Bertz CT molecular complexity index is 459. The molecule has 110 valence electrons. The number of urea groups is 1. The Kier molecular flexibility index (Phi) is 5.89. The van der Waals surface area contributed by atoms with Gasteiger partial charge < -0.3 is 15.7 Å². The summed E-state index contributed by atoms with van der Waals surface area (Å²) in [5.41, 5.74) is 1.41. The molecule has 0 unspecified atom stereocenters. The van der Waals surface area contributed by atoms with Gasteiger partial charge in [0.05, 0.1) is 24.1 Å². The first kappa shape index (κ1) is 15.9. The van der Waals surface area contributed by atoms with E-state index in [0.29, 0.717) is 12.1 Å². The van der Waals surface area contributed by atoms with Gasteiger partial charge in [0.2, 0.25) is 0 Å². The summed E-state index contributed by atoms with van der Waals surface area (Å²) in [5.74, 6) is -0.858. The number of nitrogens with one attached hydrogen (secondary N) is 2. The van der Waals surface area contributed by atoms with Crippen LogP contribution in [0.4, 0.5) is 4.79 Å². The van der Waals surface area contributed by atoms with Crippen LogP contribution in [0.1, 0.15) is 31.7 Å². The quantitative estimate of drug-likeness (QED) is 0.723. The number of rotatable bonds is 6. The molecule has 0 fully saturated rings. The topological polar surface area (TPSA) is 104 Å². The number of nitrogens with zero attached hydrogens (tertiary/aromatic N) is 2. The molecular weight excluding hydrogens is 260 g/mol. The summed E-state index contributed by atoms with van der Waals surface area (Å²) in [5, 5.41) is 14.0. The zero-order valence-electron chi connectivity index (χ0n) is 11.9. The third-order valence-corrected chi connectivity index (χ3v) is 2.58. The summed E-state index contributed by atoms with van der Waals surface area (Å²) in [6.45, 7) is 5.82. The Labute approximate surface area is 117 Å². The van der Waals surface area contributed by atoms with E-state index in [2.05, 4.69) is 20.6 Å². The Morgan fingerprint density at radius 1 is 1.30 bits per heavy atom. The highest BCUT2D eigenvalue weighted by atomic mass is 16.4. The molecule has 1 atom stereocenters. The maximum atomic E-state index is 11.6. The molecule has 0 aliphatic heterocycles. The molecule has 1 aromatic rings. The molecule has 0 aliphatic rings. The summed E-state index contributed by atoms with van der Waals surface area (Å²) in [7, 11) is 0. The van der Waals surface area contributed by atoms with Crippen molar-refractivity contribution >= 4 is 12.0 Å². The average Bonchev–Trinajstić information content (AvgIpc) is 2.36. The van der Waals surface area contributed by atoms with Crippen molar-refractivity contribution in [2.24, 2.45) is 5.92 Å². The lowest BCUT2D eigenvalue weighted by molar-refractivity contribution is -0.139. The van der Waals surface area contributed by atoms with E-state index in [9.17, 15) is 9.59 Å². The molecule has 0 spiro atoms. The third kappa shape index (κ3) is 5.64. The van der Waals surface area contributed by atoms with Gasteiger partial charge in [-0.15, -0.1) is 0 Å². The molecule has 0 saturated heterocycles. The van der Waals surface area contributed by atoms with E-state index >= 15 is 0 Å². The van der Waals surface area contributed by atoms with Gasteiger partial charge in [-0.25, -0.2) is 9.59 Å². The molecule has 20 heavy (non-hydrogen) atoms. The lowest BCUT2D eigenvalue weighted by atomic mass is 10.0. The minimum absolute atomic E-state index is 0.180. The lowest BCUT2D eigenvalue weighted by Crippen LogP contribution is -2.46. The van der Waals surface area contributed by atoms with Gasteiger partial charge in [0, 0.05) is 6.20 Å². The molecule has 1 rings (SSSR count). The zero-order valence-corrected chi connectivity index (χ0v) is 11.9. The van der Waals surface area contributed by atoms with E-state index < -0.39 is 18.0 Å². The van der Waals surface area contributed by atoms with Gasteiger partial charge in [-0.05, 0) is 19.3 Å². The normalized spacial score (nSPS) is 12.0. The van der Waals surface area contributed by atoms with Crippen molar-refractivity contribution in [3.05, 3.63) is 23.8 Å². The summed E-state index contributed by atoms with van der Waals surface area (Å²) < 4.78 is 0. The number of amides is 2. The average molecular weight is 280 g/mol. The van der Waals surface area contributed by atoms with Crippen LogP contribution >= 0.6 is 0 Å². The van der Waals surface area contributed by atoms with Crippen LogP contribution in [0.25, 0.3) is 0 Å². The predicted molar refractivity (Wildman–Crippen MR) is 73.0 cm³/mol. The van der Waals surface area contributed by atoms with E-state index in [-0.39, 0.29) is 12.5 Å². The summed E-state index contributed by atoms with van der Waals surface area (Å²) in [6, 6.07) is -1.42. The van der Waals surface area contributed by atoms with Crippen LogP contribution in [0.5, 0.6) is 0 Å². The molecule has 1 aromatic heterocycles. The van der Waals surface area contributed by atoms with E-state index in [1.807, 2.05) is 20.8 Å². The largest absolute Gasteiger partial charge is 0.480 e. The molecule has 0 aromatic carbocycles. The van der Waals surface area contributed by atoms with Gasteiger partial charge >= 0.3 is 12.0 Å². The van der Waals surface area contributed by atoms with Gasteiger partial charge in [0.1, 0.15) is 6.04 Å². The number of aliphatic carboxylic acids is 1. The van der Waals surface area contributed by atoms with E-state index in [1.165, 1.54) is 0 Å². The Morgan fingerprint density at radius 2 is 2.00 bits per heavy atom. The van der Waals surface area contributed by atoms with E-state index in [0.717, 1.165) is 5.69 Å². The van der Waals surface area contributed by atoms with Gasteiger partial charge in [-0.2, -0.15) is 0 Å². The predicted octanol–water partition coefficient (Wildman–Crippen LogP) is 1.08. The molecule has 0 saturated carbocycles. The number of carbonyl (C=O) groups is 2. The van der Waals surface area contributed by atoms with E-state index in [4.69, 9.17) is 5.11 Å². The minimum Gasteiger partial charge on any atom is -0.480 e. The second-order valence-corrected chi connectivity index (χ2v) is 5.00. The lowest BCUT2D eigenvalue weighted by Gasteiger charge is -2.16. The third-order valence-electron chi connectivity index (χ3n) is 2.58. The summed E-state index contributed by atoms with van der Waals surface area (Å²) in [6.07, 6.45) is 3.55. The van der Waals surface area contributed by atoms with Crippen molar-refractivity contribution in [1.29, 1.82) is 0 Å². The first-order valence-electron chi connectivity index (χ1n) is 6.43. The summed E-state index contributed by atoms with van der Waals surface area (Å²) in [4.78, 5) is 30.8. The smallest absolute Gasteiger partial charge is 0.326 e. The Morgan fingerprint density at radius 3 is 2.50 bits per heavy atom. The Hall–Kier alpha value is -2.18. The van der Waals surface area contributed by atoms with Gasteiger partial charge in [-0.1, -0.05) is 13.8 Å². The fourth-order valence-corrected chi connectivity index (χ4v) is 1.58. The summed E-state index contributed by atoms with van der Waals surface area (Å²) >= 11 is 0. The van der Waals surface area contributed by atoms with Crippen molar-refractivity contribution in [3.8, 4) is 0 Å². The maximum absolute atomic E-state index is 11.6. The van der Waals surface area contributed by atoms with Gasteiger partial charge in [0.15, 0.2) is 0 Å². The molecule has 7 heteroatoms. The molecule has 0 radical (unpaired) electrons. The number of aryl methyl sites for hydroxylation is 1. The molecule has 7 nitrogen and oxygen atoms in total. The number of hydrogen-bond donors (Lipinski definition) is 3. The van der Waals surface area contributed by atoms with Crippen LogP contribution in [0.3, 0.4) is 0 Å². The molecule has 1 heterocycles. The number of hydrogen-bond acceptors (Lipinski definition) is 4. The molecule has 3 N–H and O–H groups in total. The second kappa shape index (κ2) is 7.42. The van der Waals surface area contributed by atoms with Crippen molar-refractivity contribution in [3.63, 3.8) is 0 Å². The SMILES string of the molecule is Cc1cnc(CNC(=O)N[C@@H](CC(C)C)C(=O)O)cn1. The van der Waals surface area contributed by atoms with Gasteiger partial charge in [-0.3, -0.25) is 9.97 Å². The number of aromatic nitrogens is 2. The van der Waals surface area contributed by atoms with Crippen LogP contribution in [-0.4, -0.2) is 33.1 Å². The highest BCUT2D eigenvalue weighted by Gasteiger charge is 2.20. The molecule has 2 amide bonds. The Balaban J connectivity index is 2.45. The van der Waals surface area contributed by atoms with Crippen molar-refractivity contribution in [2.45, 2.75) is 39.8 Å². The van der Waals surface area contributed by atoms with Crippen LogP contribution in [0.15, 0.2) is 12.4 Å². The maximum Gasteiger partial charge on any atom is 0.326 e. The standard InChI is InChI=1S/C13H20N4O3/c1-8(2)4-11(12(18)19)17-13(20)16-7-10-6-14-9(3)5-15-10/h5-6,8,11H,4,7H2,1-3H3,(H,18,19)(H2,16,17,20)/t11-/m0/s1. The zero-order chi connectivity index (χ0) is 15.1. The van der Waals surface area contributed by atoms with Crippen LogP contribution in [0, 0.1) is 12.8 Å². The monoisotopic (exact) mass is 280 g/mol. The molecule has 0 bridgehead atoms. The second-order valence-electron chi connectivity index (χ2n) is 5.00. The van der Waals surface area contributed by atoms with E-state index in [1.54, 1.807) is 12.4 Å². The van der Waals surface area contributed by atoms with Crippen LogP contribution in [0.2, 0.25) is 0 Å². The number of carbonyl (C=O) groups excluding carboxylic acids is 1. The number of carboxylic acid groups (broad SMARTS) is 1. The molecule has 0 aliphatic carbocycles.